The zero-order chi connectivity index (χ0) is 31.6. The number of rotatable bonds is 4. The van der Waals surface area contributed by atoms with Gasteiger partial charge in [-0.1, -0.05) is 146 Å². The van der Waals surface area contributed by atoms with E-state index in [0.717, 1.165) is 49.8 Å². The Balaban J connectivity index is 1.32. The van der Waals surface area contributed by atoms with Crippen LogP contribution in [0.3, 0.4) is 0 Å². The molecule has 0 aliphatic rings. The van der Waals surface area contributed by atoms with E-state index < -0.39 is 0 Å². The van der Waals surface area contributed by atoms with Gasteiger partial charge in [-0.3, -0.25) is 0 Å². The second-order valence-corrected chi connectivity index (χ2v) is 12.4. The van der Waals surface area contributed by atoms with Crippen molar-refractivity contribution in [2.75, 3.05) is 0 Å². The molecule has 0 amide bonds. The van der Waals surface area contributed by atoms with Crippen LogP contribution >= 0.6 is 0 Å². The van der Waals surface area contributed by atoms with Gasteiger partial charge in [-0.2, -0.15) is 0 Å². The maximum absolute atomic E-state index is 6.81. The zero-order valence-corrected chi connectivity index (χ0v) is 26.0. The largest absolute Gasteiger partial charge is 0.456 e. The minimum atomic E-state index is 0.820. The van der Waals surface area contributed by atoms with E-state index in [1.807, 2.05) is 18.2 Å². The van der Waals surface area contributed by atoms with Gasteiger partial charge in [-0.25, -0.2) is 0 Å². The lowest BCUT2D eigenvalue weighted by atomic mass is 9.84. The molecule has 2 heterocycles. The molecule has 2 heteroatoms. The molecule has 8 aromatic carbocycles. The fraction of sp³-hybridized carbons (Fsp3) is 0. The molecule has 0 bridgehead atoms. The van der Waals surface area contributed by atoms with Crippen molar-refractivity contribution in [1.29, 1.82) is 0 Å². The minimum absolute atomic E-state index is 0.820. The summed E-state index contributed by atoms with van der Waals surface area (Å²) >= 11 is 0. The molecule has 0 saturated carbocycles. The summed E-state index contributed by atoms with van der Waals surface area (Å²) < 4.78 is 13.4. The van der Waals surface area contributed by atoms with E-state index in [-0.39, 0.29) is 0 Å². The first-order valence-electron chi connectivity index (χ1n) is 16.3. The molecule has 2 aromatic heterocycles. The summed E-state index contributed by atoms with van der Waals surface area (Å²) in [6, 6.07) is 60.2. The number of furan rings is 2. The Morgan fingerprint density at radius 3 is 1.54 bits per heavy atom. The predicted molar refractivity (Wildman–Crippen MR) is 200 cm³/mol. The van der Waals surface area contributed by atoms with E-state index in [4.69, 9.17) is 8.83 Å². The van der Waals surface area contributed by atoms with Crippen LogP contribution in [-0.4, -0.2) is 0 Å². The third-order valence-corrected chi connectivity index (χ3v) is 9.66. The molecule has 0 fully saturated rings. The molecule has 0 aliphatic carbocycles. The lowest BCUT2D eigenvalue weighted by molar-refractivity contribution is 0.633. The first kappa shape index (κ1) is 26.8. The van der Waals surface area contributed by atoms with Gasteiger partial charge in [-0.15, -0.1) is 0 Å². The van der Waals surface area contributed by atoms with Crippen molar-refractivity contribution < 1.29 is 8.83 Å². The van der Waals surface area contributed by atoms with Gasteiger partial charge in [-0.05, 0) is 79.2 Å². The first-order chi connectivity index (χ1) is 23.8. The third-order valence-electron chi connectivity index (χ3n) is 9.66. The number of fused-ring (bicyclic) bond motifs is 7. The van der Waals surface area contributed by atoms with E-state index in [1.54, 1.807) is 0 Å². The van der Waals surface area contributed by atoms with Crippen LogP contribution < -0.4 is 0 Å². The van der Waals surface area contributed by atoms with Crippen LogP contribution in [0.1, 0.15) is 0 Å². The topological polar surface area (TPSA) is 26.3 Å². The Kier molecular flexibility index (Phi) is 5.91. The molecule has 0 N–H and O–H groups in total. The van der Waals surface area contributed by atoms with Crippen LogP contribution in [0.2, 0.25) is 0 Å². The molecule has 0 radical (unpaired) electrons. The Bertz CT molecular complexity index is 2760. The summed E-state index contributed by atoms with van der Waals surface area (Å²) in [6.45, 7) is 0. The average Bonchev–Trinajstić information content (AvgIpc) is 3.76. The molecule has 10 aromatic rings. The second-order valence-electron chi connectivity index (χ2n) is 12.4. The molecule has 0 spiro atoms. The van der Waals surface area contributed by atoms with Crippen molar-refractivity contribution >= 4 is 54.5 Å². The first-order valence-corrected chi connectivity index (χ1v) is 16.3. The Labute approximate surface area is 277 Å². The van der Waals surface area contributed by atoms with Crippen LogP contribution in [0, 0.1) is 0 Å². The molecule has 2 nitrogen and oxygen atoms in total. The molecule has 0 saturated heterocycles. The standard InChI is InChI=1S/C46H28O2/c1-3-14-29(15-4-1)31-18-13-19-32(26-31)43-33-20-7-9-22-35(33)44(36-23-10-8-21-34(36)43)38-27-42-45(37-24-11-12-25-40(37)47-42)46-39(38)28-41(48-46)30-16-5-2-6-17-30/h1-28H. The van der Waals surface area contributed by atoms with Crippen molar-refractivity contribution in [3.8, 4) is 44.7 Å². The fourth-order valence-corrected chi connectivity index (χ4v) is 7.55. The maximum Gasteiger partial charge on any atom is 0.147 e. The van der Waals surface area contributed by atoms with Crippen molar-refractivity contribution in [2.45, 2.75) is 0 Å². The Morgan fingerprint density at radius 1 is 0.312 bits per heavy atom. The normalized spacial score (nSPS) is 11.8. The summed E-state index contributed by atoms with van der Waals surface area (Å²) in [7, 11) is 0. The van der Waals surface area contributed by atoms with Gasteiger partial charge in [0.15, 0.2) is 0 Å². The maximum atomic E-state index is 6.81. The highest BCUT2D eigenvalue weighted by Gasteiger charge is 2.23. The lowest BCUT2D eigenvalue weighted by Crippen LogP contribution is -1.91. The Morgan fingerprint density at radius 2 is 0.854 bits per heavy atom. The number of para-hydroxylation sites is 1. The lowest BCUT2D eigenvalue weighted by Gasteiger charge is -2.18. The van der Waals surface area contributed by atoms with Crippen LogP contribution in [0.15, 0.2) is 179 Å². The summed E-state index contributed by atoms with van der Waals surface area (Å²) in [5.74, 6) is 0.840. The van der Waals surface area contributed by atoms with Crippen molar-refractivity contribution in [1.82, 2.24) is 0 Å². The van der Waals surface area contributed by atoms with Gasteiger partial charge in [0, 0.05) is 16.3 Å². The highest BCUT2D eigenvalue weighted by atomic mass is 16.3. The highest BCUT2D eigenvalue weighted by molar-refractivity contribution is 6.27. The van der Waals surface area contributed by atoms with Gasteiger partial charge in [0.05, 0.1) is 5.39 Å². The van der Waals surface area contributed by atoms with E-state index in [1.165, 1.54) is 49.4 Å². The van der Waals surface area contributed by atoms with Crippen LogP contribution in [0.25, 0.3) is 99.2 Å². The third kappa shape index (κ3) is 4.06. The van der Waals surface area contributed by atoms with Crippen molar-refractivity contribution in [3.05, 3.63) is 170 Å². The quantitative estimate of drug-likeness (QED) is 0.185. The SMILES string of the molecule is c1ccc(-c2cccc(-c3c4ccccc4c(-c4cc5oc6ccccc6c5c5oc(-c6ccccc6)cc45)c4ccccc34)c2)cc1. The molecule has 0 atom stereocenters. The average molecular weight is 613 g/mol. The number of hydrogen-bond acceptors (Lipinski definition) is 2. The minimum Gasteiger partial charge on any atom is -0.456 e. The monoisotopic (exact) mass is 612 g/mol. The second kappa shape index (κ2) is 10.6. The molecule has 10 rings (SSSR count). The van der Waals surface area contributed by atoms with Crippen LogP contribution in [-0.2, 0) is 0 Å². The molecule has 48 heavy (non-hydrogen) atoms. The van der Waals surface area contributed by atoms with Gasteiger partial charge in [0.25, 0.3) is 0 Å². The van der Waals surface area contributed by atoms with Crippen LogP contribution in [0.5, 0.6) is 0 Å². The molecular formula is C46H28O2. The Hall–Kier alpha value is -6.38. The number of benzene rings is 8. The van der Waals surface area contributed by atoms with Gasteiger partial charge in [0.2, 0.25) is 0 Å². The summed E-state index contributed by atoms with van der Waals surface area (Å²) in [5, 5.41) is 7.94. The van der Waals surface area contributed by atoms with E-state index in [2.05, 4.69) is 152 Å². The number of hydrogen-bond donors (Lipinski definition) is 0. The predicted octanol–water partition coefficient (Wildman–Crippen LogP) is 13.3. The van der Waals surface area contributed by atoms with E-state index >= 15 is 0 Å². The molecular weight excluding hydrogens is 585 g/mol. The van der Waals surface area contributed by atoms with Gasteiger partial charge in [0.1, 0.15) is 22.5 Å². The van der Waals surface area contributed by atoms with Gasteiger partial charge >= 0.3 is 0 Å². The van der Waals surface area contributed by atoms with E-state index in [9.17, 15) is 0 Å². The molecule has 0 aliphatic heterocycles. The highest BCUT2D eigenvalue weighted by Crippen LogP contribution is 2.49. The summed E-state index contributed by atoms with van der Waals surface area (Å²) in [6.07, 6.45) is 0. The molecule has 0 unspecified atom stereocenters. The smallest absolute Gasteiger partial charge is 0.147 e. The van der Waals surface area contributed by atoms with Crippen molar-refractivity contribution in [2.24, 2.45) is 0 Å². The van der Waals surface area contributed by atoms with Crippen molar-refractivity contribution in [3.63, 3.8) is 0 Å². The van der Waals surface area contributed by atoms with E-state index in [0.29, 0.717) is 0 Å². The summed E-state index contributed by atoms with van der Waals surface area (Å²) in [4.78, 5) is 0. The summed E-state index contributed by atoms with van der Waals surface area (Å²) in [5.41, 5.74) is 10.7. The van der Waals surface area contributed by atoms with Gasteiger partial charge < -0.3 is 8.83 Å². The fourth-order valence-electron chi connectivity index (χ4n) is 7.55. The van der Waals surface area contributed by atoms with Crippen LogP contribution in [0.4, 0.5) is 0 Å². The zero-order valence-electron chi connectivity index (χ0n) is 26.0. The molecule has 224 valence electrons.